The number of hydrogen-bond donors (Lipinski definition) is 3. The molecule has 1 amide bonds. The Morgan fingerprint density at radius 1 is 1.25 bits per heavy atom. The van der Waals surface area contributed by atoms with E-state index >= 15 is 0 Å². The molecular weight excluding hydrogens is 348 g/mol. The van der Waals surface area contributed by atoms with E-state index in [-0.39, 0.29) is 17.3 Å². The van der Waals surface area contributed by atoms with Crippen molar-refractivity contribution in [3.63, 3.8) is 0 Å². The van der Waals surface area contributed by atoms with Crippen LogP contribution in [0.15, 0.2) is 29.2 Å². The second-order valence-corrected chi connectivity index (χ2v) is 8.05. The molecule has 1 saturated heterocycles. The van der Waals surface area contributed by atoms with Gasteiger partial charge in [-0.25, -0.2) is 8.42 Å². The minimum atomic E-state index is -3.59. The topological polar surface area (TPSA) is 90.5 Å². The number of amides is 1. The van der Waals surface area contributed by atoms with Gasteiger partial charge < -0.3 is 5.32 Å². The number of carbonyl (C=O) groups excluding carboxylic acids is 1. The van der Waals surface area contributed by atoms with Gasteiger partial charge in [0, 0.05) is 20.1 Å². The fourth-order valence-corrected chi connectivity index (χ4v) is 4.09. The lowest BCUT2D eigenvalue weighted by atomic mass is 9.99. The first-order valence-electron chi connectivity index (χ1n) is 7.69. The number of carbonyl (C=O) groups is 1. The minimum absolute atomic E-state index is 0.163. The number of aryl methyl sites for hydroxylation is 1. The summed E-state index contributed by atoms with van der Waals surface area (Å²) in [4.78, 5) is 12.4. The van der Waals surface area contributed by atoms with E-state index in [1.54, 1.807) is 31.3 Å². The smallest absolute Gasteiger partial charge is 0.243 e. The summed E-state index contributed by atoms with van der Waals surface area (Å²) < 4.78 is 26.8. The zero-order chi connectivity index (χ0) is 17.7. The van der Waals surface area contributed by atoms with Crippen LogP contribution in [0.3, 0.4) is 0 Å². The number of thiocarbonyl (C=S) groups is 1. The van der Waals surface area contributed by atoms with E-state index < -0.39 is 15.9 Å². The standard InChI is InChI=1S/C15H22N4O3S2/c1-11-5-7-13(8-6-11)24(21,22)19-9-3-4-12(10-19)14(20)17-18-15(23)16-2/h5-8,12H,3-4,9-10H2,1-2H3,(H,17,20)(H2,16,18,23)/t12-/m1/s1. The van der Waals surface area contributed by atoms with E-state index in [1.807, 2.05) is 6.92 Å². The van der Waals surface area contributed by atoms with Crippen LogP contribution in [-0.4, -0.2) is 43.9 Å². The number of nitrogens with one attached hydrogen (secondary N) is 3. The summed E-state index contributed by atoms with van der Waals surface area (Å²) in [6, 6.07) is 6.73. The van der Waals surface area contributed by atoms with Gasteiger partial charge in [-0.1, -0.05) is 17.7 Å². The lowest BCUT2D eigenvalue weighted by Gasteiger charge is -2.31. The minimum Gasteiger partial charge on any atom is -0.364 e. The molecule has 1 aliphatic heterocycles. The van der Waals surface area contributed by atoms with Crippen LogP contribution >= 0.6 is 12.2 Å². The molecule has 0 spiro atoms. The third kappa shape index (κ3) is 4.43. The third-order valence-corrected chi connectivity index (χ3v) is 6.13. The summed E-state index contributed by atoms with van der Waals surface area (Å²) in [6.07, 6.45) is 1.28. The molecule has 1 aromatic rings. The monoisotopic (exact) mass is 370 g/mol. The number of benzene rings is 1. The Kier molecular flexibility index (Phi) is 6.14. The van der Waals surface area contributed by atoms with E-state index in [0.29, 0.717) is 24.5 Å². The lowest BCUT2D eigenvalue weighted by molar-refractivity contribution is -0.126. The highest BCUT2D eigenvalue weighted by Crippen LogP contribution is 2.24. The number of hydrogen-bond acceptors (Lipinski definition) is 4. The largest absolute Gasteiger partial charge is 0.364 e. The van der Waals surface area contributed by atoms with Crippen LogP contribution in [0.5, 0.6) is 0 Å². The van der Waals surface area contributed by atoms with Gasteiger partial charge in [-0.2, -0.15) is 4.31 Å². The molecule has 132 valence electrons. The van der Waals surface area contributed by atoms with Crippen molar-refractivity contribution in [3.05, 3.63) is 29.8 Å². The highest BCUT2D eigenvalue weighted by Gasteiger charge is 2.33. The second-order valence-electron chi connectivity index (χ2n) is 5.71. The van der Waals surface area contributed by atoms with Crippen molar-refractivity contribution in [3.8, 4) is 0 Å². The van der Waals surface area contributed by atoms with Crippen molar-refractivity contribution in [2.45, 2.75) is 24.7 Å². The lowest BCUT2D eigenvalue weighted by Crippen LogP contribution is -2.51. The van der Waals surface area contributed by atoms with Gasteiger partial charge in [-0.05, 0) is 44.1 Å². The predicted octanol–water partition coefficient (Wildman–Crippen LogP) is 0.521. The van der Waals surface area contributed by atoms with Crippen molar-refractivity contribution < 1.29 is 13.2 Å². The van der Waals surface area contributed by atoms with Crippen LogP contribution in [0.1, 0.15) is 18.4 Å². The van der Waals surface area contributed by atoms with Gasteiger partial charge in [0.2, 0.25) is 15.9 Å². The molecule has 1 heterocycles. The molecule has 1 atom stereocenters. The highest BCUT2D eigenvalue weighted by molar-refractivity contribution is 7.89. The molecule has 0 aliphatic carbocycles. The van der Waals surface area contributed by atoms with Crippen LogP contribution in [0, 0.1) is 12.8 Å². The molecule has 0 unspecified atom stereocenters. The quantitative estimate of drug-likeness (QED) is 0.531. The summed E-state index contributed by atoms with van der Waals surface area (Å²) in [6.45, 7) is 2.48. The zero-order valence-electron chi connectivity index (χ0n) is 13.7. The fraction of sp³-hybridized carbons (Fsp3) is 0.467. The number of sulfonamides is 1. The average Bonchev–Trinajstić information content (AvgIpc) is 2.59. The van der Waals surface area contributed by atoms with Crippen LogP contribution in [0.4, 0.5) is 0 Å². The summed E-state index contributed by atoms with van der Waals surface area (Å²) in [5.74, 6) is -0.678. The molecule has 0 bridgehead atoms. The number of piperidine rings is 1. The molecule has 2 rings (SSSR count). The Labute approximate surface area is 147 Å². The van der Waals surface area contributed by atoms with Crippen molar-refractivity contribution >= 4 is 33.3 Å². The Morgan fingerprint density at radius 2 is 1.92 bits per heavy atom. The van der Waals surface area contributed by atoms with Gasteiger partial charge in [0.15, 0.2) is 5.11 Å². The maximum atomic E-state index is 12.7. The maximum Gasteiger partial charge on any atom is 0.243 e. The first-order valence-corrected chi connectivity index (χ1v) is 9.54. The van der Waals surface area contributed by atoms with Gasteiger partial charge in [0.1, 0.15) is 0 Å². The second kappa shape index (κ2) is 7.91. The predicted molar refractivity (Wildman–Crippen MR) is 95.6 cm³/mol. The number of rotatable bonds is 3. The molecule has 0 aromatic heterocycles. The van der Waals surface area contributed by atoms with Gasteiger partial charge in [0.25, 0.3) is 0 Å². The van der Waals surface area contributed by atoms with E-state index in [4.69, 9.17) is 12.2 Å². The molecular formula is C15H22N4O3S2. The van der Waals surface area contributed by atoms with E-state index in [0.717, 1.165) is 5.56 Å². The molecule has 7 nitrogen and oxygen atoms in total. The van der Waals surface area contributed by atoms with E-state index in [2.05, 4.69) is 16.2 Å². The average molecular weight is 371 g/mol. The van der Waals surface area contributed by atoms with Crippen molar-refractivity contribution in [2.75, 3.05) is 20.1 Å². The van der Waals surface area contributed by atoms with Crippen LogP contribution in [-0.2, 0) is 14.8 Å². The van der Waals surface area contributed by atoms with Crippen LogP contribution < -0.4 is 16.2 Å². The third-order valence-electron chi connectivity index (χ3n) is 3.94. The molecule has 9 heteroatoms. The van der Waals surface area contributed by atoms with Crippen LogP contribution in [0.25, 0.3) is 0 Å². The maximum absolute atomic E-state index is 12.7. The van der Waals surface area contributed by atoms with Gasteiger partial charge in [-0.15, -0.1) is 0 Å². The highest BCUT2D eigenvalue weighted by atomic mass is 32.2. The molecule has 0 saturated carbocycles. The van der Waals surface area contributed by atoms with Gasteiger partial charge >= 0.3 is 0 Å². The summed E-state index contributed by atoms with van der Waals surface area (Å²) in [5, 5.41) is 2.98. The van der Waals surface area contributed by atoms with Gasteiger partial charge in [0.05, 0.1) is 10.8 Å². The Morgan fingerprint density at radius 3 is 2.54 bits per heavy atom. The summed E-state index contributed by atoms with van der Waals surface area (Å²) in [7, 11) is -1.95. The molecule has 1 aliphatic rings. The van der Waals surface area contributed by atoms with Gasteiger partial charge in [-0.3, -0.25) is 15.6 Å². The number of nitrogens with zero attached hydrogens (tertiary/aromatic N) is 1. The molecule has 0 radical (unpaired) electrons. The Balaban J connectivity index is 2.05. The van der Waals surface area contributed by atoms with Crippen molar-refractivity contribution in [1.29, 1.82) is 0 Å². The fourth-order valence-electron chi connectivity index (χ4n) is 2.52. The molecule has 1 fully saturated rings. The molecule has 3 N–H and O–H groups in total. The first-order chi connectivity index (χ1) is 11.3. The molecule has 1 aromatic carbocycles. The van der Waals surface area contributed by atoms with E-state index in [9.17, 15) is 13.2 Å². The zero-order valence-corrected chi connectivity index (χ0v) is 15.3. The Hall–Kier alpha value is -1.71. The SMILES string of the molecule is CNC(=S)NNC(=O)[C@@H]1CCCN(S(=O)(=O)c2ccc(C)cc2)C1. The summed E-state index contributed by atoms with van der Waals surface area (Å²) in [5.41, 5.74) is 6.08. The van der Waals surface area contributed by atoms with Crippen molar-refractivity contribution in [1.82, 2.24) is 20.5 Å². The van der Waals surface area contributed by atoms with Crippen molar-refractivity contribution in [2.24, 2.45) is 5.92 Å². The Bertz CT molecular complexity index is 704. The molecule has 24 heavy (non-hydrogen) atoms. The first kappa shape index (κ1) is 18.6. The summed E-state index contributed by atoms with van der Waals surface area (Å²) >= 11 is 4.89. The number of hydrazine groups is 1. The van der Waals surface area contributed by atoms with E-state index in [1.165, 1.54) is 4.31 Å². The van der Waals surface area contributed by atoms with Crippen LogP contribution in [0.2, 0.25) is 0 Å². The normalized spacial score (nSPS) is 18.7.